The fourth-order valence-electron chi connectivity index (χ4n) is 10.8. The highest BCUT2D eigenvalue weighted by atomic mass is 16.5. The Balaban J connectivity index is 1.13. The number of benzene rings is 9. The van der Waals surface area contributed by atoms with Crippen LogP contribution in [0.1, 0.15) is 37.8 Å². The van der Waals surface area contributed by atoms with Gasteiger partial charge >= 0.3 is 0 Å². The van der Waals surface area contributed by atoms with Crippen LogP contribution in [-0.2, 0) is 5.41 Å². The predicted molar refractivity (Wildman–Crippen MR) is 259 cm³/mol. The summed E-state index contributed by atoms with van der Waals surface area (Å²) in [5.41, 5.74) is 16.5. The van der Waals surface area contributed by atoms with E-state index in [0.717, 1.165) is 64.3 Å². The number of rotatable bonds is 4. The molecule has 2 aliphatic carbocycles. The number of hydrogen-bond donors (Lipinski definition) is 0. The number of anilines is 5. The summed E-state index contributed by atoms with van der Waals surface area (Å²) >= 11 is 0. The minimum absolute atomic E-state index is 0.140. The Morgan fingerprint density at radius 2 is 1.00 bits per heavy atom. The average Bonchev–Trinajstić information content (AvgIpc) is 3.56. The second-order valence-electron chi connectivity index (χ2n) is 17.5. The smallest absolute Gasteiger partial charge is 0.151 e. The Hall–Kier alpha value is -7.82. The Labute approximate surface area is 367 Å². The van der Waals surface area contributed by atoms with Crippen LogP contribution in [0.5, 0.6) is 17.2 Å². The van der Waals surface area contributed by atoms with Crippen LogP contribution in [0.4, 0.5) is 28.4 Å². The van der Waals surface area contributed by atoms with Crippen molar-refractivity contribution >= 4 is 50.0 Å². The highest BCUT2D eigenvalue weighted by molar-refractivity contribution is 6.23. The van der Waals surface area contributed by atoms with Crippen molar-refractivity contribution in [1.29, 1.82) is 0 Å². The average molecular weight is 811 g/mol. The zero-order valence-electron chi connectivity index (χ0n) is 35.1. The molecule has 0 saturated heterocycles. The highest BCUT2D eigenvalue weighted by Crippen LogP contribution is 2.55. The number of para-hydroxylation sites is 6. The molecule has 0 spiro atoms. The van der Waals surface area contributed by atoms with Crippen molar-refractivity contribution in [3.8, 4) is 50.6 Å². The van der Waals surface area contributed by atoms with Crippen LogP contribution in [0, 0.1) is 0 Å². The van der Waals surface area contributed by atoms with Crippen LogP contribution in [0.25, 0.3) is 54.9 Å². The number of allylic oxidation sites excluding steroid dienone is 3. The molecule has 63 heavy (non-hydrogen) atoms. The van der Waals surface area contributed by atoms with Crippen molar-refractivity contribution in [3.63, 3.8) is 0 Å². The van der Waals surface area contributed by atoms with E-state index in [1.165, 1.54) is 71.7 Å². The molecule has 4 nitrogen and oxygen atoms in total. The molecule has 0 amide bonds. The maximum atomic E-state index is 6.54. The molecule has 300 valence electrons. The molecule has 4 heteroatoms. The molecule has 0 fully saturated rings. The van der Waals surface area contributed by atoms with Gasteiger partial charge in [-0.05, 0) is 152 Å². The van der Waals surface area contributed by atoms with Crippen LogP contribution in [0.3, 0.4) is 0 Å². The fourth-order valence-corrected chi connectivity index (χ4v) is 10.8. The molecule has 0 radical (unpaired) electrons. The molecule has 9 aromatic rings. The summed E-state index contributed by atoms with van der Waals surface area (Å²) in [5.74, 6) is 3.45. The van der Waals surface area contributed by atoms with Gasteiger partial charge in [0.25, 0.3) is 0 Å². The van der Waals surface area contributed by atoms with Crippen molar-refractivity contribution in [3.05, 3.63) is 217 Å². The largest absolute Gasteiger partial charge is 0.453 e. The summed E-state index contributed by atoms with van der Waals surface area (Å²) in [6.07, 6.45) is 6.22. The minimum Gasteiger partial charge on any atom is -0.453 e. The van der Waals surface area contributed by atoms with Crippen LogP contribution >= 0.6 is 0 Å². The third kappa shape index (κ3) is 5.34. The van der Waals surface area contributed by atoms with Gasteiger partial charge in [-0.1, -0.05) is 135 Å². The predicted octanol–water partition coefficient (Wildman–Crippen LogP) is 16.3. The van der Waals surface area contributed by atoms with Gasteiger partial charge in [-0.25, -0.2) is 0 Å². The van der Waals surface area contributed by atoms with Crippen LogP contribution < -0.4 is 19.3 Å². The van der Waals surface area contributed by atoms with E-state index in [1.54, 1.807) is 0 Å². The second kappa shape index (κ2) is 13.6. The van der Waals surface area contributed by atoms with Crippen molar-refractivity contribution in [1.82, 2.24) is 0 Å². The van der Waals surface area contributed by atoms with Gasteiger partial charge in [0.05, 0.1) is 22.8 Å². The molecular weight excluding hydrogens is 769 g/mol. The Bertz CT molecular complexity index is 3410. The van der Waals surface area contributed by atoms with Gasteiger partial charge < -0.3 is 19.3 Å². The monoisotopic (exact) mass is 810 g/mol. The maximum Gasteiger partial charge on any atom is 0.151 e. The molecular formula is C59H42N2O2. The number of hydrogen-bond acceptors (Lipinski definition) is 4. The summed E-state index contributed by atoms with van der Waals surface area (Å²) < 4.78 is 13.0. The Morgan fingerprint density at radius 1 is 0.444 bits per heavy atom. The SMILES string of the molecule is CC1(C)c2ccccc2-c2ccc(-c3c4ccc(N5C6=C(C=CCC6)Oc6ccccc65)cc4c(-c4ccccc4)c4cc(N5c6ccccc6Oc6ccccc65)ccc34)cc21. The molecule has 0 bridgehead atoms. The first kappa shape index (κ1) is 35.9. The minimum atomic E-state index is -0.140. The van der Waals surface area contributed by atoms with Crippen molar-refractivity contribution in [2.75, 3.05) is 9.80 Å². The van der Waals surface area contributed by atoms with Crippen LogP contribution in [0.15, 0.2) is 206 Å². The lowest BCUT2D eigenvalue weighted by atomic mass is 9.80. The van der Waals surface area contributed by atoms with Gasteiger partial charge in [-0.15, -0.1) is 0 Å². The maximum absolute atomic E-state index is 6.54. The third-order valence-corrected chi connectivity index (χ3v) is 13.7. The standard InChI is InChI=1S/C59H42N2O2/c1-59(2)47-19-7-6-18-41(47)42-31-28-38(34-48(42)59)58-43-32-29-39(60-49-20-8-12-24-53(49)62-54-25-13-9-21-50(54)60)35-45(43)57(37-16-4-3-5-17-37)46-36-40(30-33-44(46)58)61-51-22-10-14-26-55(51)63-56-27-15-11-23-52(56)61/h3-10,12-22,24-36H,11,23H2,1-2H3. The zero-order valence-corrected chi connectivity index (χ0v) is 35.1. The summed E-state index contributed by atoms with van der Waals surface area (Å²) in [5, 5.41) is 4.81. The molecule has 0 unspecified atom stereocenters. The lowest BCUT2D eigenvalue weighted by Gasteiger charge is -2.36. The molecule has 0 N–H and O–H groups in total. The lowest BCUT2D eigenvalue weighted by molar-refractivity contribution is 0.421. The summed E-state index contributed by atoms with van der Waals surface area (Å²) in [4.78, 5) is 4.79. The van der Waals surface area contributed by atoms with Gasteiger partial charge in [0.15, 0.2) is 17.2 Å². The first-order valence-electron chi connectivity index (χ1n) is 22.0. The lowest BCUT2D eigenvalue weighted by Crippen LogP contribution is -2.25. The summed E-state index contributed by atoms with van der Waals surface area (Å²) in [6, 6.07) is 66.4. The van der Waals surface area contributed by atoms with E-state index in [-0.39, 0.29) is 5.41 Å². The fraction of sp³-hybridized carbons (Fsp3) is 0.0847. The zero-order chi connectivity index (χ0) is 41.8. The molecule has 0 aromatic heterocycles. The molecule has 13 rings (SSSR count). The first-order valence-corrected chi connectivity index (χ1v) is 22.0. The van der Waals surface area contributed by atoms with E-state index < -0.39 is 0 Å². The van der Waals surface area contributed by atoms with Crippen molar-refractivity contribution in [2.45, 2.75) is 32.1 Å². The molecule has 9 aromatic carbocycles. The van der Waals surface area contributed by atoms with Gasteiger partial charge in [-0.3, -0.25) is 0 Å². The molecule has 4 aliphatic rings. The van der Waals surface area contributed by atoms with E-state index in [4.69, 9.17) is 9.47 Å². The van der Waals surface area contributed by atoms with Crippen molar-refractivity contribution < 1.29 is 9.47 Å². The van der Waals surface area contributed by atoms with Gasteiger partial charge in [0, 0.05) is 16.8 Å². The van der Waals surface area contributed by atoms with Gasteiger partial charge in [0.2, 0.25) is 0 Å². The molecule has 2 heterocycles. The second-order valence-corrected chi connectivity index (χ2v) is 17.5. The third-order valence-electron chi connectivity index (χ3n) is 13.7. The van der Waals surface area contributed by atoms with Gasteiger partial charge in [-0.2, -0.15) is 0 Å². The van der Waals surface area contributed by atoms with E-state index in [9.17, 15) is 0 Å². The summed E-state index contributed by atoms with van der Waals surface area (Å²) in [7, 11) is 0. The quantitative estimate of drug-likeness (QED) is 0.165. The van der Waals surface area contributed by atoms with Crippen molar-refractivity contribution in [2.24, 2.45) is 0 Å². The Morgan fingerprint density at radius 3 is 1.70 bits per heavy atom. The van der Waals surface area contributed by atoms with Gasteiger partial charge in [0.1, 0.15) is 5.76 Å². The highest BCUT2D eigenvalue weighted by Gasteiger charge is 2.36. The summed E-state index contributed by atoms with van der Waals surface area (Å²) in [6.45, 7) is 4.74. The first-order chi connectivity index (χ1) is 31.0. The number of ether oxygens (including phenoxy) is 2. The van der Waals surface area contributed by atoms with Crippen LogP contribution in [0.2, 0.25) is 0 Å². The Kier molecular flexibility index (Phi) is 7.74. The molecule has 0 saturated carbocycles. The van der Waals surface area contributed by atoms with Crippen LogP contribution in [-0.4, -0.2) is 0 Å². The van der Waals surface area contributed by atoms with E-state index >= 15 is 0 Å². The van der Waals surface area contributed by atoms with E-state index in [1.807, 2.05) is 12.1 Å². The normalized spacial score (nSPS) is 15.2. The number of fused-ring (bicyclic) bond motifs is 8. The topological polar surface area (TPSA) is 24.9 Å². The van der Waals surface area contributed by atoms with E-state index in [0.29, 0.717) is 0 Å². The van der Waals surface area contributed by atoms with E-state index in [2.05, 4.69) is 206 Å². The number of nitrogens with zero attached hydrogens (tertiary/aromatic N) is 2. The molecule has 2 aliphatic heterocycles. The molecule has 0 atom stereocenters.